The number of carbonyl (C=O) groups excluding carboxylic acids is 2. The van der Waals surface area contributed by atoms with E-state index in [9.17, 15) is 9.59 Å². The number of piperidine rings is 1. The number of nitrogens with zero attached hydrogens (tertiary/aromatic N) is 2. The van der Waals surface area contributed by atoms with E-state index in [-0.39, 0.29) is 23.3 Å². The first kappa shape index (κ1) is 18.5. The highest BCUT2D eigenvalue weighted by Gasteiger charge is 2.62. The average Bonchev–Trinajstić information content (AvgIpc) is 3.34. The first-order chi connectivity index (χ1) is 13.5. The number of likely N-dealkylation sites (tertiary alicyclic amines) is 2. The summed E-state index contributed by atoms with van der Waals surface area (Å²) in [7, 11) is 0. The fourth-order valence-electron chi connectivity index (χ4n) is 6.84. The summed E-state index contributed by atoms with van der Waals surface area (Å²) in [5.41, 5.74) is -0.0875. The van der Waals surface area contributed by atoms with Crippen LogP contribution in [0.5, 0.6) is 0 Å². The van der Waals surface area contributed by atoms with Crippen molar-refractivity contribution in [2.45, 2.75) is 81.9 Å². The van der Waals surface area contributed by atoms with Crippen molar-refractivity contribution in [1.82, 2.24) is 15.1 Å². The van der Waals surface area contributed by atoms with Crippen LogP contribution in [0.15, 0.2) is 0 Å². The number of carbonyl (C=O) groups is 2. The lowest BCUT2D eigenvalue weighted by Gasteiger charge is -2.54. The minimum atomic E-state index is -0.285. The number of nitrogens with one attached hydrogen (secondary N) is 1. The number of alkyl carbamates (subject to hydrolysis) is 1. The van der Waals surface area contributed by atoms with E-state index in [0.29, 0.717) is 18.1 Å². The Balaban J connectivity index is 1.16. The molecule has 5 rings (SSSR count). The summed E-state index contributed by atoms with van der Waals surface area (Å²) in [6.45, 7) is 6.02. The molecule has 0 aromatic rings. The van der Waals surface area contributed by atoms with Gasteiger partial charge in [-0.3, -0.25) is 0 Å². The van der Waals surface area contributed by atoms with Gasteiger partial charge in [-0.1, -0.05) is 12.8 Å². The van der Waals surface area contributed by atoms with Crippen LogP contribution in [0.2, 0.25) is 0 Å². The Kier molecular flexibility index (Phi) is 4.30. The molecule has 156 valence electrons. The van der Waals surface area contributed by atoms with Crippen LogP contribution in [0.3, 0.4) is 0 Å². The molecule has 3 heterocycles. The van der Waals surface area contributed by atoms with E-state index in [4.69, 9.17) is 9.47 Å². The maximum atomic E-state index is 12.1. The molecule has 2 amide bonds. The molecule has 3 saturated heterocycles. The number of ether oxygens (including phenoxy) is 2. The normalized spacial score (nSPS) is 36.0. The van der Waals surface area contributed by atoms with E-state index in [2.05, 4.69) is 10.2 Å². The Hall–Kier alpha value is -1.50. The fourth-order valence-corrected chi connectivity index (χ4v) is 6.84. The highest BCUT2D eigenvalue weighted by atomic mass is 16.6. The molecule has 0 bridgehead atoms. The molecular weight excluding hydrogens is 358 g/mol. The van der Waals surface area contributed by atoms with Gasteiger partial charge in [0.25, 0.3) is 0 Å². The number of amides is 2. The van der Waals surface area contributed by atoms with Gasteiger partial charge in [-0.05, 0) is 44.4 Å². The summed E-state index contributed by atoms with van der Waals surface area (Å²) in [4.78, 5) is 28.6. The number of hydrogen-bond donors (Lipinski definition) is 1. The maximum Gasteiger partial charge on any atom is 0.409 e. The first-order valence-corrected chi connectivity index (χ1v) is 11.2. The van der Waals surface area contributed by atoms with Crippen LogP contribution in [0.4, 0.5) is 9.59 Å². The van der Waals surface area contributed by atoms with Gasteiger partial charge in [0.1, 0.15) is 5.60 Å². The van der Waals surface area contributed by atoms with Crippen LogP contribution in [0.25, 0.3) is 0 Å². The molecule has 0 radical (unpaired) electrons. The first-order valence-electron chi connectivity index (χ1n) is 11.2. The molecule has 7 heteroatoms. The Morgan fingerprint density at radius 2 is 1.86 bits per heavy atom. The Morgan fingerprint density at radius 1 is 1.14 bits per heavy atom. The molecule has 0 aromatic carbocycles. The van der Waals surface area contributed by atoms with Gasteiger partial charge in [-0.2, -0.15) is 0 Å². The fraction of sp³-hybridized carbons (Fsp3) is 0.905. The van der Waals surface area contributed by atoms with Gasteiger partial charge in [-0.25, -0.2) is 9.59 Å². The van der Waals surface area contributed by atoms with Crippen molar-refractivity contribution in [3.63, 3.8) is 0 Å². The molecule has 2 aliphatic carbocycles. The molecule has 7 nitrogen and oxygen atoms in total. The average molecular weight is 392 g/mol. The van der Waals surface area contributed by atoms with Crippen molar-refractivity contribution in [1.29, 1.82) is 0 Å². The molecule has 5 fully saturated rings. The summed E-state index contributed by atoms with van der Waals surface area (Å²) in [6, 6.07) is 0.615. The van der Waals surface area contributed by atoms with Gasteiger partial charge in [0.05, 0.1) is 12.1 Å². The monoisotopic (exact) mass is 391 g/mol. The zero-order chi connectivity index (χ0) is 19.4. The van der Waals surface area contributed by atoms with Crippen LogP contribution in [0, 0.1) is 5.41 Å². The SMILES string of the molecule is CCOC(=O)N1CCC2(CC(N3CCC4(CC3)OC(=O)NC43CCCC3)C2)C1. The topological polar surface area (TPSA) is 71.1 Å². The predicted octanol–water partition coefficient (Wildman–Crippen LogP) is 2.88. The second-order valence-electron chi connectivity index (χ2n) is 9.77. The van der Waals surface area contributed by atoms with E-state index in [0.717, 1.165) is 58.3 Å². The van der Waals surface area contributed by atoms with Gasteiger partial charge >= 0.3 is 12.2 Å². The third-order valence-corrected chi connectivity index (χ3v) is 8.38. The third kappa shape index (κ3) is 2.72. The van der Waals surface area contributed by atoms with E-state index in [1.165, 1.54) is 25.7 Å². The van der Waals surface area contributed by atoms with Crippen LogP contribution >= 0.6 is 0 Å². The Morgan fingerprint density at radius 3 is 2.54 bits per heavy atom. The van der Waals surface area contributed by atoms with Crippen molar-refractivity contribution in [3.05, 3.63) is 0 Å². The van der Waals surface area contributed by atoms with Crippen LogP contribution in [-0.4, -0.2) is 72.0 Å². The molecule has 0 atom stereocenters. The van der Waals surface area contributed by atoms with Gasteiger partial charge in [0.15, 0.2) is 0 Å². The Labute approximate surface area is 167 Å². The van der Waals surface area contributed by atoms with E-state index in [1.807, 2.05) is 11.8 Å². The molecule has 3 spiro atoms. The lowest BCUT2D eigenvalue weighted by Crippen LogP contribution is -2.62. The van der Waals surface area contributed by atoms with Crippen LogP contribution < -0.4 is 5.32 Å². The molecule has 5 aliphatic rings. The van der Waals surface area contributed by atoms with Gasteiger partial charge in [-0.15, -0.1) is 0 Å². The maximum absolute atomic E-state index is 12.1. The predicted molar refractivity (Wildman–Crippen MR) is 103 cm³/mol. The molecular formula is C21H33N3O4. The summed E-state index contributed by atoms with van der Waals surface area (Å²) in [6.07, 6.45) is 9.51. The zero-order valence-corrected chi connectivity index (χ0v) is 17.0. The van der Waals surface area contributed by atoms with E-state index >= 15 is 0 Å². The standard InChI is InChI=1S/C21H33N3O4/c1-2-27-18(26)24-10-7-19(15-24)13-16(14-19)23-11-8-21(9-12-23)20(5-3-4-6-20)22-17(25)28-21/h16H,2-15H2,1H3,(H,22,25). The molecule has 0 aromatic heterocycles. The summed E-state index contributed by atoms with van der Waals surface area (Å²) in [5, 5.41) is 3.20. The summed E-state index contributed by atoms with van der Waals surface area (Å²) in [5.74, 6) is 0. The lowest BCUT2D eigenvalue weighted by atomic mass is 9.63. The second kappa shape index (κ2) is 6.51. The minimum Gasteiger partial charge on any atom is -0.450 e. The van der Waals surface area contributed by atoms with Gasteiger partial charge in [0.2, 0.25) is 0 Å². The largest absolute Gasteiger partial charge is 0.450 e. The van der Waals surface area contributed by atoms with Crippen LogP contribution in [-0.2, 0) is 9.47 Å². The molecule has 3 aliphatic heterocycles. The van der Waals surface area contributed by atoms with Gasteiger partial charge < -0.3 is 24.6 Å². The Bertz CT molecular complexity index is 646. The third-order valence-electron chi connectivity index (χ3n) is 8.38. The molecule has 2 saturated carbocycles. The zero-order valence-electron chi connectivity index (χ0n) is 17.0. The second-order valence-corrected chi connectivity index (χ2v) is 9.77. The molecule has 28 heavy (non-hydrogen) atoms. The van der Waals surface area contributed by atoms with E-state index < -0.39 is 0 Å². The molecule has 0 unspecified atom stereocenters. The highest BCUT2D eigenvalue weighted by Crippen LogP contribution is 2.53. The quantitative estimate of drug-likeness (QED) is 0.784. The van der Waals surface area contributed by atoms with Crippen molar-refractivity contribution < 1.29 is 19.1 Å². The lowest BCUT2D eigenvalue weighted by molar-refractivity contribution is -0.0795. The summed E-state index contributed by atoms with van der Waals surface area (Å²) < 4.78 is 11.1. The van der Waals surface area contributed by atoms with E-state index in [1.54, 1.807) is 0 Å². The van der Waals surface area contributed by atoms with Gasteiger partial charge in [0, 0.05) is 45.1 Å². The number of fused-ring (bicyclic) bond motifs is 1. The summed E-state index contributed by atoms with van der Waals surface area (Å²) >= 11 is 0. The van der Waals surface area contributed by atoms with Crippen molar-refractivity contribution in [2.24, 2.45) is 5.41 Å². The highest BCUT2D eigenvalue weighted by molar-refractivity contribution is 5.72. The van der Waals surface area contributed by atoms with Crippen molar-refractivity contribution in [2.75, 3.05) is 32.8 Å². The molecule has 1 N–H and O–H groups in total. The smallest absolute Gasteiger partial charge is 0.409 e. The minimum absolute atomic E-state index is 0.109. The van der Waals surface area contributed by atoms with Crippen molar-refractivity contribution in [3.8, 4) is 0 Å². The number of hydrogen-bond acceptors (Lipinski definition) is 5. The number of rotatable bonds is 2. The van der Waals surface area contributed by atoms with Crippen LogP contribution in [0.1, 0.15) is 64.7 Å². The van der Waals surface area contributed by atoms with Crippen molar-refractivity contribution >= 4 is 12.2 Å².